The van der Waals surface area contributed by atoms with Crippen molar-refractivity contribution in [3.05, 3.63) is 41.2 Å². The van der Waals surface area contributed by atoms with Crippen LogP contribution >= 0.6 is 0 Å². The van der Waals surface area contributed by atoms with Crippen LogP contribution in [-0.2, 0) is 20.0 Å². The number of tetrazole rings is 1. The number of hydrogen-bond acceptors (Lipinski definition) is 4. The Kier molecular flexibility index (Phi) is 4.95. The Morgan fingerprint density at radius 1 is 1.22 bits per heavy atom. The molecule has 0 atom stereocenters. The van der Waals surface area contributed by atoms with Crippen molar-refractivity contribution in [2.24, 2.45) is 13.0 Å². The van der Waals surface area contributed by atoms with Gasteiger partial charge in [-0.2, -0.15) is 4.80 Å². The van der Waals surface area contributed by atoms with Crippen molar-refractivity contribution in [1.82, 2.24) is 25.1 Å². The van der Waals surface area contributed by atoms with Gasteiger partial charge in [-0.25, -0.2) is 8.78 Å². The minimum absolute atomic E-state index is 0.434. The molecule has 2 heterocycles. The third kappa shape index (κ3) is 4.31. The van der Waals surface area contributed by atoms with E-state index in [0.717, 1.165) is 50.8 Å². The van der Waals surface area contributed by atoms with E-state index in [0.29, 0.717) is 17.9 Å². The average molecular weight is 321 g/mol. The maximum atomic E-state index is 13.6. The Bertz CT molecular complexity index is 650. The molecule has 1 fully saturated rings. The molecule has 0 unspecified atom stereocenters. The van der Waals surface area contributed by atoms with Gasteiger partial charge in [-0.1, -0.05) is 6.07 Å². The van der Waals surface area contributed by atoms with Crippen LogP contribution in [0.25, 0.3) is 0 Å². The maximum Gasteiger partial charge on any atom is 0.188 e. The van der Waals surface area contributed by atoms with E-state index >= 15 is 0 Å². The molecule has 0 spiro atoms. The summed E-state index contributed by atoms with van der Waals surface area (Å²) in [5.41, 5.74) is 0.609. The number of aromatic nitrogens is 4. The molecule has 0 aliphatic carbocycles. The topological polar surface area (TPSA) is 46.8 Å². The Hall–Kier alpha value is -1.89. The monoisotopic (exact) mass is 321 g/mol. The summed E-state index contributed by atoms with van der Waals surface area (Å²) < 4.78 is 26.5. The van der Waals surface area contributed by atoms with Crippen molar-refractivity contribution in [1.29, 1.82) is 0 Å². The van der Waals surface area contributed by atoms with Crippen LogP contribution in [0.4, 0.5) is 8.78 Å². The molecule has 2 aromatic rings. The van der Waals surface area contributed by atoms with Crippen LogP contribution in [0.15, 0.2) is 18.2 Å². The zero-order chi connectivity index (χ0) is 16.2. The lowest BCUT2D eigenvalue weighted by Gasteiger charge is -2.31. The highest BCUT2D eigenvalue weighted by Crippen LogP contribution is 2.24. The first-order chi connectivity index (χ1) is 11.1. The normalized spacial score (nSPS) is 16.8. The molecule has 1 aliphatic heterocycles. The van der Waals surface area contributed by atoms with Gasteiger partial charge < -0.3 is 0 Å². The Morgan fingerprint density at radius 2 is 2.00 bits per heavy atom. The van der Waals surface area contributed by atoms with E-state index in [1.165, 1.54) is 10.9 Å². The summed E-state index contributed by atoms with van der Waals surface area (Å²) in [4.78, 5) is 3.80. The molecule has 1 aromatic carbocycles. The van der Waals surface area contributed by atoms with Crippen molar-refractivity contribution in [2.75, 3.05) is 13.1 Å². The summed E-state index contributed by atoms with van der Waals surface area (Å²) >= 11 is 0. The van der Waals surface area contributed by atoms with E-state index in [2.05, 4.69) is 20.3 Å². The van der Waals surface area contributed by atoms with Crippen LogP contribution in [0.5, 0.6) is 0 Å². The summed E-state index contributed by atoms with van der Waals surface area (Å²) in [5, 5.41) is 12.0. The number of nitrogens with zero attached hydrogens (tertiary/aromatic N) is 5. The standard InChI is InChI=1S/C16H21F2N5/c1-22-20-16(19-21-22)11-23-8-6-12(7-9-23)2-3-13-4-5-14(17)10-15(13)18/h4-5,10,12H,2-3,6-9,11H2,1H3. The van der Waals surface area contributed by atoms with E-state index in [1.54, 1.807) is 13.1 Å². The summed E-state index contributed by atoms with van der Waals surface area (Å²) in [7, 11) is 1.76. The van der Waals surface area contributed by atoms with Crippen LogP contribution in [0, 0.1) is 17.6 Å². The number of halogens is 2. The van der Waals surface area contributed by atoms with Gasteiger partial charge in [-0.15, -0.1) is 10.2 Å². The number of rotatable bonds is 5. The molecule has 5 nitrogen and oxygen atoms in total. The fraction of sp³-hybridized carbons (Fsp3) is 0.562. The lowest BCUT2D eigenvalue weighted by Crippen LogP contribution is -2.33. The van der Waals surface area contributed by atoms with Gasteiger partial charge in [0.1, 0.15) is 11.6 Å². The van der Waals surface area contributed by atoms with Gasteiger partial charge in [-0.05, 0) is 61.5 Å². The quantitative estimate of drug-likeness (QED) is 0.848. The molecule has 1 aliphatic rings. The van der Waals surface area contributed by atoms with Crippen LogP contribution in [0.3, 0.4) is 0 Å². The minimum Gasteiger partial charge on any atom is -0.296 e. The third-order valence-corrected chi connectivity index (χ3v) is 4.46. The summed E-state index contributed by atoms with van der Waals surface area (Å²) in [6.45, 7) is 2.72. The Morgan fingerprint density at radius 3 is 2.65 bits per heavy atom. The van der Waals surface area contributed by atoms with Crippen LogP contribution < -0.4 is 0 Å². The molecule has 7 heteroatoms. The van der Waals surface area contributed by atoms with Crippen LogP contribution in [0.2, 0.25) is 0 Å². The molecular formula is C16H21F2N5. The van der Waals surface area contributed by atoms with Gasteiger partial charge in [0.2, 0.25) is 0 Å². The van der Waals surface area contributed by atoms with Gasteiger partial charge in [0, 0.05) is 6.07 Å². The van der Waals surface area contributed by atoms with Gasteiger partial charge >= 0.3 is 0 Å². The zero-order valence-corrected chi connectivity index (χ0v) is 13.3. The second-order valence-electron chi connectivity index (χ2n) is 6.19. The molecule has 0 radical (unpaired) electrons. The maximum absolute atomic E-state index is 13.6. The Balaban J connectivity index is 1.44. The molecule has 23 heavy (non-hydrogen) atoms. The first-order valence-electron chi connectivity index (χ1n) is 7.99. The van der Waals surface area contributed by atoms with Crippen molar-refractivity contribution in [3.63, 3.8) is 0 Å². The highest BCUT2D eigenvalue weighted by molar-refractivity contribution is 5.18. The molecule has 0 amide bonds. The van der Waals surface area contributed by atoms with Crippen molar-refractivity contribution < 1.29 is 8.78 Å². The summed E-state index contributed by atoms with van der Waals surface area (Å²) in [6, 6.07) is 3.85. The second-order valence-corrected chi connectivity index (χ2v) is 6.19. The Labute approximate surface area is 134 Å². The highest BCUT2D eigenvalue weighted by atomic mass is 19.1. The number of piperidine rings is 1. The first-order valence-corrected chi connectivity index (χ1v) is 7.99. The van der Waals surface area contributed by atoms with E-state index in [1.807, 2.05) is 0 Å². The van der Waals surface area contributed by atoms with Crippen molar-refractivity contribution in [3.8, 4) is 0 Å². The van der Waals surface area contributed by atoms with Gasteiger partial charge in [0.25, 0.3) is 0 Å². The predicted molar refractivity (Wildman–Crippen MR) is 81.5 cm³/mol. The van der Waals surface area contributed by atoms with Gasteiger partial charge in [-0.3, -0.25) is 4.90 Å². The van der Waals surface area contributed by atoms with Crippen molar-refractivity contribution >= 4 is 0 Å². The minimum atomic E-state index is -0.517. The molecule has 0 N–H and O–H groups in total. The first kappa shape index (κ1) is 16.0. The molecule has 124 valence electrons. The second kappa shape index (κ2) is 7.12. The number of likely N-dealkylation sites (tertiary alicyclic amines) is 1. The summed E-state index contributed by atoms with van der Waals surface area (Å²) in [5.74, 6) is 0.387. The molecular weight excluding hydrogens is 300 g/mol. The molecule has 1 aromatic heterocycles. The average Bonchev–Trinajstić information content (AvgIpc) is 2.93. The van der Waals surface area contributed by atoms with E-state index < -0.39 is 11.6 Å². The summed E-state index contributed by atoms with van der Waals surface area (Å²) in [6.07, 6.45) is 3.79. The molecule has 3 rings (SSSR count). The molecule has 0 bridgehead atoms. The fourth-order valence-corrected chi connectivity index (χ4v) is 3.10. The fourth-order valence-electron chi connectivity index (χ4n) is 3.10. The smallest absolute Gasteiger partial charge is 0.188 e. The highest BCUT2D eigenvalue weighted by Gasteiger charge is 2.20. The molecule has 0 saturated carbocycles. The van der Waals surface area contributed by atoms with E-state index in [-0.39, 0.29) is 0 Å². The third-order valence-electron chi connectivity index (χ3n) is 4.46. The van der Waals surface area contributed by atoms with Crippen molar-refractivity contribution in [2.45, 2.75) is 32.2 Å². The number of benzene rings is 1. The van der Waals surface area contributed by atoms with Gasteiger partial charge in [0.15, 0.2) is 5.82 Å². The number of aryl methyl sites for hydroxylation is 2. The van der Waals surface area contributed by atoms with Crippen LogP contribution in [0.1, 0.15) is 30.7 Å². The van der Waals surface area contributed by atoms with E-state index in [4.69, 9.17) is 0 Å². The predicted octanol–water partition coefficient (Wildman–Crippen LogP) is 2.33. The van der Waals surface area contributed by atoms with E-state index in [9.17, 15) is 8.78 Å². The van der Waals surface area contributed by atoms with Crippen LogP contribution in [-0.4, -0.2) is 38.2 Å². The largest absolute Gasteiger partial charge is 0.296 e. The lowest BCUT2D eigenvalue weighted by molar-refractivity contribution is 0.168. The van der Waals surface area contributed by atoms with Gasteiger partial charge in [0.05, 0.1) is 13.6 Å². The zero-order valence-electron chi connectivity index (χ0n) is 13.3. The SMILES string of the molecule is Cn1nnc(CN2CCC(CCc3ccc(F)cc3F)CC2)n1. The lowest BCUT2D eigenvalue weighted by atomic mass is 9.90. The number of hydrogen-bond donors (Lipinski definition) is 0. The molecule has 1 saturated heterocycles.